The summed E-state index contributed by atoms with van der Waals surface area (Å²) >= 11 is 7.39. The normalized spacial score (nSPS) is 13.9. The molecule has 0 spiro atoms. The van der Waals surface area contributed by atoms with Crippen molar-refractivity contribution in [2.45, 2.75) is 52.5 Å². The van der Waals surface area contributed by atoms with Crippen molar-refractivity contribution in [1.29, 1.82) is 0 Å². The number of alkyl halides is 2. The van der Waals surface area contributed by atoms with E-state index in [1.54, 1.807) is 6.92 Å². The van der Waals surface area contributed by atoms with E-state index in [1.807, 2.05) is 0 Å². The number of fused-ring (bicyclic) bond motifs is 3. The third-order valence-electron chi connectivity index (χ3n) is 5.05. The molecule has 1 N–H and O–H groups in total. The van der Waals surface area contributed by atoms with Crippen LogP contribution in [0.4, 0.5) is 8.78 Å². The molecule has 0 aromatic carbocycles. The molecule has 154 valence electrons. The minimum atomic E-state index is -2.84. The molecule has 3 aromatic heterocycles. The van der Waals surface area contributed by atoms with Crippen LogP contribution in [0.15, 0.2) is 4.79 Å². The average Bonchev–Trinajstić information content (AvgIpc) is 3.17. The molecular weight excluding hydrogens is 424 g/mol. The van der Waals surface area contributed by atoms with Gasteiger partial charge in [0, 0.05) is 4.88 Å². The zero-order valence-corrected chi connectivity index (χ0v) is 17.3. The van der Waals surface area contributed by atoms with Crippen LogP contribution in [0.25, 0.3) is 10.2 Å². The molecule has 4 rings (SSSR count). The van der Waals surface area contributed by atoms with Gasteiger partial charge in [-0.15, -0.1) is 11.3 Å². The first-order valence-corrected chi connectivity index (χ1v) is 10.3. The first-order valence-electron chi connectivity index (χ1n) is 9.12. The van der Waals surface area contributed by atoms with Crippen molar-refractivity contribution < 1.29 is 13.6 Å². The van der Waals surface area contributed by atoms with Gasteiger partial charge in [0.15, 0.2) is 0 Å². The van der Waals surface area contributed by atoms with E-state index in [0.717, 1.165) is 40.6 Å². The SMILES string of the molecule is Cc1c(Cl)c(C(F)F)nn1CC(=O)Nn1c(C)nc2sc3c(c2c1=O)CCCC3. The van der Waals surface area contributed by atoms with Gasteiger partial charge in [0.1, 0.15) is 22.9 Å². The summed E-state index contributed by atoms with van der Waals surface area (Å²) in [5, 5.41) is 4.08. The Kier molecular flexibility index (Phi) is 5.16. The lowest BCUT2D eigenvalue weighted by molar-refractivity contribution is -0.117. The largest absolute Gasteiger partial charge is 0.283 e. The Hall–Kier alpha value is -2.33. The summed E-state index contributed by atoms with van der Waals surface area (Å²) in [6, 6.07) is 0. The van der Waals surface area contributed by atoms with Crippen LogP contribution >= 0.6 is 22.9 Å². The smallest absolute Gasteiger partial charge is 0.271 e. The zero-order valence-electron chi connectivity index (χ0n) is 15.8. The van der Waals surface area contributed by atoms with E-state index in [2.05, 4.69) is 15.5 Å². The van der Waals surface area contributed by atoms with Gasteiger partial charge in [-0.25, -0.2) is 18.4 Å². The summed E-state index contributed by atoms with van der Waals surface area (Å²) in [5.74, 6) is -0.249. The fourth-order valence-corrected chi connectivity index (χ4v) is 5.09. The number of aromatic nitrogens is 4. The van der Waals surface area contributed by atoms with E-state index >= 15 is 0 Å². The molecule has 0 aliphatic heterocycles. The number of carbonyl (C=O) groups is 1. The van der Waals surface area contributed by atoms with Crippen molar-refractivity contribution in [3.05, 3.63) is 43.0 Å². The highest BCUT2D eigenvalue weighted by Gasteiger charge is 2.24. The molecule has 3 aromatic rings. The second kappa shape index (κ2) is 7.49. The molecule has 0 saturated heterocycles. The maximum atomic E-state index is 13.1. The molecule has 1 aliphatic carbocycles. The van der Waals surface area contributed by atoms with Crippen molar-refractivity contribution in [2.75, 3.05) is 5.43 Å². The molecule has 0 radical (unpaired) electrons. The fraction of sp³-hybridized carbons (Fsp3) is 0.444. The van der Waals surface area contributed by atoms with E-state index in [0.29, 0.717) is 16.0 Å². The number of nitrogens with zero attached hydrogens (tertiary/aromatic N) is 4. The summed E-state index contributed by atoms with van der Waals surface area (Å²) in [6.07, 6.45) is 1.03. The van der Waals surface area contributed by atoms with Gasteiger partial charge in [-0.3, -0.25) is 19.7 Å². The molecule has 11 heteroatoms. The molecule has 0 bridgehead atoms. The van der Waals surface area contributed by atoms with Gasteiger partial charge in [-0.2, -0.15) is 5.10 Å². The Bertz CT molecular complexity index is 1180. The Balaban J connectivity index is 1.65. The Morgan fingerprint density at radius 2 is 2.03 bits per heavy atom. The highest BCUT2D eigenvalue weighted by atomic mass is 35.5. The van der Waals surface area contributed by atoms with Crippen LogP contribution in [0.1, 0.15) is 46.9 Å². The summed E-state index contributed by atoms with van der Waals surface area (Å²) in [4.78, 5) is 31.9. The topological polar surface area (TPSA) is 81.8 Å². The molecule has 1 aliphatic rings. The highest BCUT2D eigenvalue weighted by Crippen LogP contribution is 2.33. The van der Waals surface area contributed by atoms with Crippen LogP contribution in [-0.2, 0) is 24.2 Å². The number of nitrogens with one attached hydrogen (secondary N) is 1. The highest BCUT2D eigenvalue weighted by molar-refractivity contribution is 7.18. The average molecular weight is 442 g/mol. The van der Waals surface area contributed by atoms with Crippen molar-refractivity contribution >= 4 is 39.1 Å². The maximum absolute atomic E-state index is 13.1. The first-order chi connectivity index (χ1) is 13.8. The number of carbonyl (C=O) groups excluding carboxylic acids is 1. The van der Waals surface area contributed by atoms with Crippen LogP contribution in [0.5, 0.6) is 0 Å². The molecule has 7 nitrogen and oxygen atoms in total. The van der Waals surface area contributed by atoms with Crippen LogP contribution in [0.3, 0.4) is 0 Å². The van der Waals surface area contributed by atoms with Crippen LogP contribution in [-0.4, -0.2) is 25.3 Å². The minimum absolute atomic E-state index is 0.172. The Labute approximate surface area is 173 Å². The number of amides is 1. The van der Waals surface area contributed by atoms with Crippen molar-refractivity contribution in [3.63, 3.8) is 0 Å². The molecule has 0 unspecified atom stereocenters. The zero-order chi connectivity index (χ0) is 20.9. The minimum Gasteiger partial charge on any atom is -0.271 e. The van der Waals surface area contributed by atoms with Gasteiger partial charge in [-0.1, -0.05) is 11.6 Å². The van der Waals surface area contributed by atoms with Gasteiger partial charge in [0.2, 0.25) is 0 Å². The molecule has 0 atom stereocenters. The molecule has 0 saturated carbocycles. The van der Waals surface area contributed by atoms with Gasteiger partial charge < -0.3 is 0 Å². The number of halogens is 3. The fourth-order valence-electron chi connectivity index (χ4n) is 3.58. The number of thiophene rings is 1. The monoisotopic (exact) mass is 441 g/mol. The van der Waals surface area contributed by atoms with E-state index in [1.165, 1.54) is 23.1 Å². The van der Waals surface area contributed by atoms with Crippen molar-refractivity contribution in [3.8, 4) is 0 Å². The third kappa shape index (κ3) is 3.44. The summed E-state index contributed by atoms with van der Waals surface area (Å²) in [5.41, 5.74) is 2.89. The van der Waals surface area contributed by atoms with Crippen molar-refractivity contribution in [1.82, 2.24) is 19.4 Å². The Morgan fingerprint density at radius 1 is 1.31 bits per heavy atom. The van der Waals surface area contributed by atoms with Crippen molar-refractivity contribution in [2.24, 2.45) is 0 Å². The summed E-state index contributed by atoms with van der Waals surface area (Å²) < 4.78 is 28.1. The molecule has 0 fully saturated rings. The van der Waals surface area contributed by atoms with E-state index in [9.17, 15) is 18.4 Å². The van der Waals surface area contributed by atoms with E-state index in [4.69, 9.17) is 11.6 Å². The molecule has 29 heavy (non-hydrogen) atoms. The van der Waals surface area contributed by atoms with E-state index < -0.39 is 18.0 Å². The lowest BCUT2D eigenvalue weighted by Gasteiger charge is -2.13. The number of hydrogen-bond acceptors (Lipinski definition) is 5. The molecule has 3 heterocycles. The molecular formula is C18H18ClF2N5O2S. The summed E-state index contributed by atoms with van der Waals surface area (Å²) in [6.45, 7) is 2.77. The second-order valence-electron chi connectivity index (χ2n) is 6.97. The third-order valence-corrected chi connectivity index (χ3v) is 6.70. The van der Waals surface area contributed by atoms with E-state index in [-0.39, 0.29) is 22.8 Å². The van der Waals surface area contributed by atoms with Crippen LogP contribution in [0.2, 0.25) is 5.02 Å². The van der Waals surface area contributed by atoms with Gasteiger partial charge in [-0.05, 0) is 45.1 Å². The predicted octanol–water partition coefficient (Wildman–Crippen LogP) is 3.51. The number of hydrogen-bond donors (Lipinski definition) is 1. The quantitative estimate of drug-likeness (QED) is 0.671. The standard InChI is InChI=1S/C18H18ClF2N5O2S/c1-8-14(19)15(16(20)21)24-25(8)7-12(27)23-26-9(2)22-17-13(18(26)28)10-5-3-4-6-11(10)29-17/h16H,3-7H2,1-2H3,(H,23,27). The lowest BCUT2D eigenvalue weighted by atomic mass is 9.97. The number of aryl methyl sites for hydroxylation is 3. The first kappa shape index (κ1) is 20.0. The number of rotatable bonds is 4. The maximum Gasteiger partial charge on any atom is 0.283 e. The lowest BCUT2D eigenvalue weighted by Crippen LogP contribution is -2.37. The predicted molar refractivity (Wildman–Crippen MR) is 107 cm³/mol. The molecule has 1 amide bonds. The van der Waals surface area contributed by atoms with Crippen LogP contribution < -0.4 is 11.0 Å². The summed E-state index contributed by atoms with van der Waals surface area (Å²) in [7, 11) is 0. The van der Waals surface area contributed by atoms with Gasteiger partial charge in [0.25, 0.3) is 17.9 Å². The van der Waals surface area contributed by atoms with Gasteiger partial charge in [0.05, 0.1) is 16.1 Å². The second-order valence-corrected chi connectivity index (χ2v) is 8.43. The Morgan fingerprint density at radius 3 is 2.72 bits per heavy atom. The van der Waals surface area contributed by atoms with Gasteiger partial charge >= 0.3 is 0 Å². The van der Waals surface area contributed by atoms with Crippen LogP contribution in [0, 0.1) is 13.8 Å².